The highest BCUT2D eigenvalue weighted by Gasteiger charge is 2.34. The lowest BCUT2D eigenvalue weighted by molar-refractivity contribution is -0.132. The van der Waals surface area contributed by atoms with E-state index in [1.54, 1.807) is 11.9 Å². The molecule has 7 nitrogen and oxygen atoms in total. The van der Waals surface area contributed by atoms with E-state index in [9.17, 15) is 13.2 Å². The number of benzene rings is 1. The molecule has 0 spiro atoms. The minimum Gasteiger partial charge on any atom is -0.459 e. The average molecular weight is 466 g/mol. The molecule has 2 aliphatic heterocycles. The molecule has 0 radical (unpaired) electrons. The van der Waals surface area contributed by atoms with Crippen molar-refractivity contribution in [2.75, 3.05) is 51.3 Å². The Labute approximate surface area is 188 Å². The number of nitrogens with zero attached hydrogens (tertiary/aromatic N) is 3. The maximum Gasteiger partial charge on any atom is 0.236 e. The van der Waals surface area contributed by atoms with E-state index in [1.165, 1.54) is 0 Å². The predicted molar refractivity (Wildman–Crippen MR) is 121 cm³/mol. The number of likely N-dealkylation sites (N-methyl/N-ethyl adjacent to an activating group) is 1. The maximum atomic E-state index is 12.7. The normalized spacial score (nSPS) is 21.9. The first-order valence-electron chi connectivity index (χ1n) is 10.5. The van der Waals surface area contributed by atoms with Crippen LogP contribution in [0.2, 0.25) is 5.02 Å². The van der Waals surface area contributed by atoms with Crippen LogP contribution in [0.5, 0.6) is 0 Å². The largest absolute Gasteiger partial charge is 0.459 e. The fraction of sp³-hybridized carbons (Fsp3) is 0.500. The van der Waals surface area contributed by atoms with Gasteiger partial charge < -0.3 is 9.32 Å². The first-order valence-corrected chi connectivity index (χ1v) is 12.7. The molecule has 0 aliphatic carbocycles. The second-order valence-corrected chi connectivity index (χ2v) is 11.1. The molecule has 0 saturated carbocycles. The summed E-state index contributed by atoms with van der Waals surface area (Å²) in [6.45, 7) is 3.93. The molecule has 1 amide bonds. The van der Waals surface area contributed by atoms with Gasteiger partial charge in [-0.3, -0.25) is 14.6 Å². The lowest BCUT2D eigenvalue weighted by Gasteiger charge is -2.37. The second-order valence-electron chi connectivity index (χ2n) is 8.39. The summed E-state index contributed by atoms with van der Waals surface area (Å²) < 4.78 is 29.3. The Morgan fingerprint density at radius 1 is 1.13 bits per heavy atom. The van der Waals surface area contributed by atoms with Crippen LogP contribution in [0.1, 0.15) is 12.2 Å². The van der Waals surface area contributed by atoms with Gasteiger partial charge in [-0.05, 0) is 42.8 Å². The van der Waals surface area contributed by atoms with Gasteiger partial charge >= 0.3 is 0 Å². The van der Waals surface area contributed by atoms with Crippen molar-refractivity contribution < 1.29 is 17.6 Å². The molecule has 168 valence electrons. The van der Waals surface area contributed by atoms with Gasteiger partial charge in [0.2, 0.25) is 5.91 Å². The number of sulfone groups is 1. The topological polar surface area (TPSA) is 74.1 Å². The summed E-state index contributed by atoms with van der Waals surface area (Å²) in [6.07, 6.45) is 0.727. The van der Waals surface area contributed by atoms with Crippen molar-refractivity contribution in [1.82, 2.24) is 14.7 Å². The molecule has 2 aliphatic rings. The lowest BCUT2D eigenvalue weighted by atomic mass is 10.2. The van der Waals surface area contributed by atoms with Crippen molar-refractivity contribution in [3.63, 3.8) is 0 Å². The van der Waals surface area contributed by atoms with E-state index in [2.05, 4.69) is 9.80 Å². The quantitative estimate of drug-likeness (QED) is 0.652. The first-order chi connectivity index (χ1) is 14.8. The maximum absolute atomic E-state index is 12.7. The fourth-order valence-electron chi connectivity index (χ4n) is 4.22. The lowest BCUT2D eigenvalue weighted by Crippen LogP contribution is -2.52. The van der Waals surface area contributed by atoms with E-state index >= 15 is 0 Å². The molecule has 2 fully saturated rings. The highest BCUT2D eigenvalue weighted by Crippen LogP contribution is 2.24. The summed E-state index contributed by atoms with van der Waals surface area (Å²) in [5.74, 6) is 2.09. The van der Waals surface area contributed by atoms with Gasteiger partial charge in [-0.15, -0.1) is 0 Å². The number of hydrogen-bond donors (Lipinski definition) is 0. The van der Waals surface area contributed by atoms with Crippen LogP contribution in [0.25, 0.3) is 11.3 Å². The van der Waals surface area contributed by atoms with E-state index in [-0.39, 0.29) is 17.7 Å². The zero-order valence-electron chi connectivity index (χ0n) is 17.7. The van der Waals surface area contributed by atoms with Gasteiger partial charge in [-0.1, -0.05) is 11.6 Å². The van der Waals surface area contributed by atoms with Gasteiger partial charge in [-0.25, -0.2) is 8.42 Å². The molecule has 3 heterocycles. The summed E-state index contributed by atoms with van der Waals surface area (Å²) in [5, 5.41) is 0.676. The molecule has 1 aromatic heterocycles. The number of hydrogen-bond acceptors (Lipinski definition) is 6. The Hall–Kier alpha value is -1.87. The Morgan fingerprint density at radius 3 is 2.48 bits per heavy atom. The van der Waals surface area contributed by atoms with Crippen molar-refractivity contribution in [3.05, 3.63) is 47.2 Å². The van der Waals surface area contributed by atoms with Crippen LogP contribution in [0.15, 0.2) is 40.8 Å². The Balaban J connectivity index is 1.24. The van der Waals surface area contributed by atoms with Crippen molar-refractivity contribution in [2.24, 2.45) is 0 Å². The van der Waals surface area contributed by atoms with E-state index in [0.717, 1.165) is 49.7 Å². The van der Waals surface area contributed by atoms with Gasteiger partial charge in [0.25, 0.3) is 0 Å². The summed E-state index contributed by atoms with van der Waals surface area (Å²) in [7, 11) is -1.08. The monoisotopic (exact) mass is 465 g/mol. The minimum atomic E-state index is -2.87. The van der Waals surface area contributed by atoms with E-state index in [4.69, 9.17) is 16.0 Å². The predicted octanol–water partition coefficient (Wildman–Crippen LogP) is 2.36. The molecule has 2 saturated heterocycles. The minimum absolute atomic E-state index is 0.0429. The zero-order valence-corrected chi connectivity index (χ0v) is 19.2. The van der Waals surface area contributed by atoms with Gasteiger partial charge in [0.1, 0.15) is 11.5 Å². The number of amides is 1. The van der Waals surface area contributed by atoms with Gasteiger partial charge in [0.15, 0.2) is 9.84 Å². The third-order valence-electron chi connectivity index (χ3n) is 6.10. The van der Waals surface area contributed by atoms with E-state index in [0.29, 0.717) is 23.9 Å². The highest BCUT2D eigenvalue weighted by atomic mass is 35.5. The number of halogens is 1. The Bertz CT molecular complexity index is 1010. The Morgan fingerprint density at radius 2 is 1.84 bits per heavy atom. The van der Waals surface area contributed by atoms with Crippen LogP contribution >= 0.6 is 11.6 Å². The molecule has 0 unspecified atom stereocenters. The molecule has 31 heavy (non-hydrogen) atoms. The van der Waals surface area contributed by atoms with Crippen LogP contribution in [0.3, 0.4) is 0 Å². The van der Waals surface area contributed by atoms with Crippen LogP contribution in [0, 0.1) is 0 Å². The SMILES string of the molecule is CN(Cc1ccc(-c2ccc(Cl)cc2)o1)C(=O)CN1CCN([C@@H]2CCS(=O)(=O)C2)CC1. The zero-order chi connectivity index (χ0) is 22.0. The van der Waals surface area contributed by atoms with Gasteiger partial charge in [0, 0.05) is 49.9 Å². The second kappa shape index (κ2) is 9.32. The standard InChI is InChI=1S/C22H28ClN3O4S/c1-24(14-20-6-7-21(30-20)17-2-4-18(23)5-3-17)22(27)15-25-9-11-26(12-10-25)19-8-13-31(28,29)16-19/h2-7,19H,8-16H2,1H3/t19-/m1/s1. The summed E-state index contributed by atoms with van der Waals surface area (Å²) >= 11 is 5.93. The molecule has 4 rings (SSSR count). The Kier molecular flexibility index (Phi) is 6.71. The van der Waals surface area contributed by atoms with Gasteiger partial charge in [-0.2, -0.15) is 0 Å². The molecule has 1 atom stereocenters. The van der Waals surface area contributed by atoms with Crippen molar-refractivity contribution >= 4 is 27.3 Å². The number of carbonyl (C=O) groups is 1. The van der Waals surface area contributed by atoms with Crippen molar-refractivity contribution in [3.8, 4) is 11.3 Å². The number of furan rings is 1. The molecular weight excluding hydrogens is 438 g/mol. The van der Waals surface area contributed by atoms with E-state index in [1.807, 2.05) is 36.4 Å². The van der Waals surface area contributed by atoms with E-state index < -0.39 is 9.84 Å². The van der Waals surface area contributed by atoms with Crippen LogP contribution < -0.4 is 0 Å². The summed E-state index contributed by atoms with van der Waals surface area (Å²) in [5.41, 5.74) is 0.942. The third-order valence-corrected chi connectivity index (χ3v) is 8.10. The molecule has 1 aromatic carbocycles. The van der Waals surface area contributed by atoms with Crippen LogP contribution in [-0.2, 0) is 21.2 Å². The number of rotatable bonds is 6. The van der Waals surface area contributed by atoms with Crippen molar-refractivity contribution in [1.29, 1.82) is 0 Å². The molecular formula is C22H28ClN3O4S. The average Bonchev–Trinajstić information content (AvgIpc) is 3.35. The molecule has 9 heteroatoms. The smallest absolute Gasteiger partial charge is 0.236 e. The van der Waals surface area contributed by atoms with Crippen molar-refractivity contribution in [2.45, 2.75) is 19.0 Å². The molecule has 0 bridgehead atoms. The summed E-state index contributed by atoms with van der Waals surface area (Å²) in [4.78, 5) is 18.8. The fourth-order valence-corrected chi connectivity index (χ4v) is 6.10. The third kappa shape index (κ3) is 5.68. The first kappa shape index (κ1) is 22.3. The van der Waals surface area contributed by atoms with Gasteiger partial charge in [0.05, 0.1) is 24.6 Å². The van der Waals surface area contributed by atoms with Crippen LogP contribution in [0.4, 0.5) is 0 Å². The molecule has 2 aromatic rings. The number of piperazine rings is 1. The highest BCUT2D eigenvalue weighted by molar-refractivity contribution is 7.91. The molecule has 0 N–H and O–H groups in total. The van der Waals surface area contributed by atoms with Crippen LogP contribution in [-0.4, -0.2) is 86.3 Å². The number of carbonyl (C=O) groups excluding carboxylic acids is 1. The summed E-state index contributed by atoms with van der Waals surface area (Å²) in [6, 6.07) is 11.4.